The summed E-state index contributed by atoms with van der Waals surface area (Å²) in [6, 6.07) is 0. The summed E-state index contributed by atoms with van der Waals surface area (Å²) in [5.74, 6) is 0. The Hall–Kier alpha value is -0.120. The molecule has 1 rings (SSSR count). The van der Waals surface area contributed by atoms with Crippen molar-refractivity contribution in [1.29, 1.82) is 0 Å². The van der Waals surface area contributed by atoms with E-state index in [0.717, 1.165) is 6.42 Å². The number of hydrogen-bond donors (Lipinski definition) is 2. The fraction of sp³-hybridized carbons (Fsp3) is 1.00. The van der Waals surface area contributed by atoms with E-state index in [-0.39, 0.29) is 5.41 Å². The van der Waals surface area contributed by atoms with Crippen LogP contribution in [0.15, 0.2) is 0 Å². The molecule has 0 aromatic rings. The van der Waals surface area contributed by atoms with Crippen molar-refractivity contribution in [3.8, 4) is 0 Å². The van der Waals surface area contributed by atoms with E-state index in [1.54, 1.807) is 6.92 Å². The lowest BCUT2D eigenvalue weighted by Crippen LogP contribution is -2.61. The van der Waals surface area contributed by atoms with Crippen molar-refractivity contribution in [2.24, 2.45) is 11.1 Å². The Morgan fingerprint density at radius 3 is 2.27 bits per heavy atom. The summed E-state index contributed by atoms with van der Waals surface area (Å²) in [5.41, 5.74) is 4.63. The van der Waals surface area contributed by atoms with Crippen molar-refractivity contribution in [2.45, 2.75) is 25.9 Å². The molecule has 1 atom stereocenters. The highest BCUT2D eigenvalue weighted by molar-refractivity contribution is 5.00. The lowest BCUT2D eigenvalue weighted by atomic mass is 9.69. The van der Waals surface area contributed by atoms with Crippen molar-refractivity contribution in [2.75, 3.05) is 19.8 Å². The van der Waals surface area contributed by atoms with Crippen molar-refractivity contribution < 1.29 is 9.84 Å². The molecular weight excluding hydrogens is 142 g/mol. The van der Waals surface area contributed by atoms with Gasteiger partial charge in [0, 0.05) is 12.0 Å². The van der Waals surface area contributed by atoms with Gasteiger partial charge in [-0.15, -0.1) is 0 Å². The number of ether oxygens (including phenoxy) is 1. The van der Waals surface area contributed by atoms with Gasteiger partial charge in [-0.3, -0.25) is 0 Å². The third kappa shape index (κ3) is 1.17. The molecular formula is C8H17NO2. The van der Waals surface area contributed by atoms with Crippen LogP contribution in [0.4, 0.5) is 0 Å². The highest BCUT2D eigenvalue weighted by Crippen LogP contribution is 2.41. The number of hydrogen-bond acceptors (Lipinski definition) is 3. The third-order valence-electron chi connectivity index (χ3n) is 2.97. The summed E-state index contributed by atoms with van der Waals surface area (Å²) in [4.78, 5) is 0. The molecule has 3 N–H and O–H groups in total. The van der Waals surface area contributed by atoms with Crippen LogP contribution in [0.2, 0.25) is 0 Å². The molecule has 3 nitrogen and oxygen atoms in total. The van der Waals surface area contributed by atoms with Gasteiger partial charge >= 0.3 is 0 Å². The van der Waals surface area contributed by atoms with Gasteiger partial charge in [0.05, 0.1) is 18.8 Å². The van der Waals surface area contributed by atoms with Crippen molar-refractivity contribution >= 4 is 0 Å². The molecule has 0 spiro atoms. The van der Waals surface area contributed by atoms with Crippen LogP contribution in [0.3, 0.4) is 0 Å². The maximum atomic E-state index is 9.89. The summed E-state index contributed by atoms with van der Waals surface area (Å²) in [6.45, 7) is 5.46. The van der Waals surface area contributed by atoms with E-state index < -0.39 is 5.60 Å². The molecule has 0 bridgehead atoms. The van der Waals surface area contributed by atoms with Crippen molar-refractivity contribution in [1.82, 2.24) is 0 Å². The minimum absolute atomic E-state index is 0.0816. The zero-order valence-corrected chi connectivity index (χ0v) is 7.26. The molecule has 1 saturated heterocycles. The number of nitrogens with two attached hydrogens (primary N) is 1. The first-order valence-electron chi connectivity index (χ1n) is 4.08. The second kappa shape index (κ2) is 2.73. The zero-order valence-electron chi connectivity index (χ0n) is 7.26. The second-order valence-electron chi connectivity index (χ2n) is 3.60. The van der Waals surface area contributed by atoms with Gasteiger partial charge in [-0.1, -0.05) is 6.92 Å². The first-order valence-corrected chi connectivity index (χ1v) is 4.08. The first-order chi connectivity index (χ1) is 5.08. The van der Waals surface area contributed by atoms with E-state index >= 15 is 0 Å². The van der Waals surface area contributed by atoms with Crippen LogP contribution in [0.1, 0.15) is 20.3 Å². The number of rotatable bonds is 3. The summed E-state index contributed by atoms with van der Waals surface area (Å²) >= 11 is 0. The van der Waals surface area contributed by atoms with E-state index in [0.29, 0.717) is 19.8 Å². The van der Waals surface area contributed by atoms with E-state index in [1.807, 2.05) is 0 Å². The highest BCUT2D eigenvalue weighted by atomic mass is 16.5. The molecule has 1 aliphatic rings. The molecule has 0 radical (unpaired) electrons. The Morgan fingerprint density at radius 2 is 2.18 bits per heavy atom. The molecule has 66 valence electrons. The molecule has 3 heteroatoms. The monoisotopic (exact) mass is 159 g/mol. The molecule has 1 heterocycles. The summed E-state index contributed by atoms with van der Waals surface area (Å²) < 4.78 is 5.10. The molecule has 0 aromatic heterocycles. The van der Waals surface area contributed by atoms with Gasteiger partial charge in [-0.05, 0) is 13.3 Å². The number of aliphatic hydroxyl groups is 1. The molecule has 1 fully saturated rings. The van der Waals surface area contributed by atoms with E-state index in [9.17, 15) is 5.11 Å². The van der Waals surface area contributed by atoms with Gasteiger partial charge in [-0.2, -0.15) is 0 Å². The van der Waals surface area contributed by atoms with Crippen LogP contribution < -0.4 is 5.73 Å². The van der Waals surface area contributed by atoms with Gasteiger partial charge in [0.1, 0.15) is 0 Å². The van der Waals surface area contributed by atoms with Gasteiger partial charge < -0.3 is 15.6 Å². The van der Waals surface area contributed by atoms with Crippen LogP contribution in [0, 0.1) is 5.41 Å². The van der Waals surface area contributed by atoms with Gasteiger partial charge in [0.15, 0.2) is 0 Å². The van der Waals surface area contributed by atoms with Gasteiger partial charge in [0.2, 0.25) is 0 Å². The lowest BCUT2D eigenvalue weighted by Gasteiger charge is -2.50. The normalized spacial score (nSPS) is 27.3. The quantitative estimate of drug-likeness (QED) is 0.615. The van der Waals surface area contributed by atoms with Crippen LogP contribution in [-0.2, 0) is 4.74 Å². The average molecular weight is 159 g/mol. The van der Waals surface area contributed by atoms with E-state index in [1.165, 1.54) is 0 Å². The average Bonchev–Trinajstić information content (AvgIpc) is 1.86. The minimum atomic E-state index is -0.764. The van der Waals surface area contributed by atoms with Crippen LogP contribution >= 0.6 is 0 Å². The minimum Gasteiger partial charge on any atom is -0.388 e. The predicted octanol–water partition coefficient (Wildman–Crippen LogP) is 0.123. The first kappa shape index (κ1) is 8.97. The van der Waals surface area contributed by atoms with Crippen molar-refractivity contribution in [3.05, 3.63) is 0 Å². The topological polar surface area (TPSA) is 55.5 Å². The molecule has 1 aliphatic heterocycles. The summed E-state index contributed by atoms with van der Waals surface area (Å²) in [7, 11) is 0. The second-order valence-corrected chi connectivity index (χ2v) is 3.60. The highest BCUT2D eigenvalue weighted by Gasteiger charge is 2.50. The zero-order chi connectivity index (χ0) is 8.54. The Kier molecular flexibility index (Phi) is 2.23. The fourth-order valence-electron chi connectivity index (χ4n) is 1.46. The maximum absolute atomic E-state index is 9.89. The Bertz CT molecular complexity index is 136. The molecule has 0 amide bonds. The smallest absolute Gasteiger partial charge is 0.0841 e. The Balaban J connectivity index is 2.68. The standard InChI is InChI=1S/C8H17NO2/c1-3-8(5-11-6-8)7(2,10)4-9/h10H,3-6,9H2,1-2H3. The lowest BCUT2D eigenvalue weighted by molar-refractivity contribution is -0.212. The maximum Gasteiger partial charge on any atom is 0.0841 e. The molecule has 0 saturated carbocycles. The SMILES string of the molecule is CCC1(C(C)(O)CN)COC1. The molecule has 1 unspecified atom stereocenters. The van der Waals surface area contributed by atoms with Crippen molar-refractivity contribution in [3.63, 3.8) is 0 Å². The fourth-order valence-corrected chi connectivity index (χ4v) is 1.46. The van der Waals surface area contributed by atoms with E-state index in [4.69, 9.17) is 10.5 Å². The predicted molar refractivity (Wildman–Crippen MR) is 43.2 cm³/mol. The molecule has 11 heavy (non-hydrogen) atoms. The summed E-state index contributed by atoms with van der Waals surface area (Å²) in [6.07, 6.45) is 0.928. The van der Waals surface area contributed by atoms with E-state index in [2.05, 4.69) is 6.92 Å². The van der Waals surface area contributed by atoms with Crippen LogP contribution in [-0.4, -0.2) is 30.5 Å². The Morgan fingerprint density at radius 1 is 1.64 bits per heavy atom. The van der Waals surface area contributed by atoms with Gasteiger partial charge in [0.25, 0.3) is 0 Å². The van der Waals surface area contributed by atoms with Crippen LogP contribution in [0.25, 0.3) is 0 Å². The Labute approximate surface area is 67.5 Å². The van der Waals surface area contributed by atoms with Gasteiger partial charge in [-0.25, -0.2) is 0 Å². The van der Waals surface area contributed by atoms with Crippen LogP contribution in [0.5, 0.6) is 0 Å². The summed E-state index contributed by atoms with van der Waals surface area (Å²) in [5, 5.41) is 9.89. The molecule has 0 aromatic carbocycles. The molecule has 0 aliphatic carbocycles. The largest absolute Gasteiger partial charge is 0.388 e. The third-order valence-corrected chi connectivity index (χ3v) is 2.97.